The molecule has 0 saturated carbocycles. The molecule has 15 heteroatoms. The van der Waals surface area contributed by atoms with E-state index in [-0.39, 0.29) is 37.5 Å². The third-order valence-corrected chi connectivity index (χ3v) is 6.25. The van der Waals surface area contributed by atoms with E-state index in [0.29, 0.717) is 17.5 Å². The Bertz CT molecular complexity index is 1280. The number of amides is 4. The molecule has 2 aromatic carbocycles. The van der Waals surface area contributed by atoms with Crippen molar-refractivity contribution in [3.05, 3.63) is 65.7 Å². The molecule has 0 heterocycles. The van der Waals surface area contributed by atoms with E-state index in [1.807, 2.05) is 0 Å². The highest BCUT2D eigenvalue weighted by Crippen LogP contribution is 2.12. The Morgan fingerprint density at radius 1 is 0.744 bits per heavy atom. The number of hydrogen-bond acceptors (Lipinski definition) is 8. The molecule has 0 bridgehead atoms. The lowest BCUT2D eigenvalue weighted by atomic mass is 10.0. The number of hydrogen-bond donors (Lipinski definition) is 9. The van der Waals surface area contributed by atoms with Crippen LogP contribution < -0.4 is 38.9 Å². The van der Waals surface area contributed by atoms with Crippen LogP contribution in [0.1, 0.15) is 30.4 Å². The quantitative estimate of drug-likeness (QED) is 0.0547. The maximum atomic E-state index is 13.4. The van der Waals surface area contributed by atoms with E-state index in [2.05, 4.69) is 20.9 Å². The van der Waals surface area contributed by atoms with Gasteiger partial charge in [-0.15, -0.1) is 0 Å². The predicted octanol–water partition coefficient (Wildman–Crippen LogP) is -2.03. The second kappa shape index (κ2) is 16.9. The number of carboxylic acid groups (broad SMARTS) is 1. The number of phenolic OH excluding ortho intramolecular Hbond substituents is 1. The molecule has 0 fully saturated rings. The number of carbonyl (C=O) groups is 5. The minimum atomic E-state index is -1.48. The first kappa shape index (κ1) is 34.0. The number of nitrogens with two attached hydrogens (primary N) is 4. The molecule has 2 rings (SSSR count). The summed E-state index contributed by atoms with van der Waals surface area (Å²) in [4.78, 5) is 66.8. The Labute approximate surface area is 248 Å². The fourth-order valence-electron chi connectivity index (χ4n) is 4.01. The van der Waals surface area contributed by atoms with Gasteiger partial charge >= 0.3 is 5.97 Å². The number of primary amides is 1. The third kappa shape index (κ3) is 12.5. The smallest absolute Gasteiger partial charge is 0.326 e. The highest BCUT2D eigenvalue weighted by molar-refractivity contribution is 5.96. The monoisotopic (exact) mass is 598 g/mol. The van der Waals surface area contributed by atoms with E-state index in [1.54, 1.807) is 30.3 Å². The van der Waals surface area contributed by atoms with Crippen molar-refractivity contribution in [3.63, 3.8) is 0 Å². The van der Waals surface area contributed by atoms with Crippen LogP contribution >= 0.6 is 0 Å². The zero-order valence-electron chi connectivity index (χ0n) is 23.4. The molecule has 4 unspecified atom stereocenters. The third-order valence-electron chi connectivity index (χ3n) is 6.25. The van der Waals surface area contributed by atoms with E-state index < -0.39 is 60.2 Å². The highest BCUT2D eigenvalue weighted by Gasteiger charge is 2.31. The van der Waals surface area contributed by atoms with Crippen molar-refractivity contribution in [2.45, 2.75) is 56.3 Å². The fourth-order valence-corrected chi connectivity index (χ4v) is 4.01. The summed E-state index contributed by atoms with van der Waals surface area (Å²) >= 11 is 0. The molecule has 0 aromatic heterocycles. The highest BCUT2D eigenvalue weighted by atomic mass is 16.4. The van der Waals surface area contributed by atoms with Crippen LogP contribution in [0.25, 0.3) is 0 Å². The predicted molar refractivity (Wildman–Crippen MR) is 157 cm³/mol. The van der Waals surface area contributed by atoms with Crippen molar-refractivity contribution in [2.75, 3.05) is 6.54 Å². The standard InChI is InChI=1S/C28H38N8O7/c29-19(7-4-12-33-28(31)32)24(39)34-21(15-23(30)38)26(41)35-20(13-17-8-10-18(37)11-9-17)25(40)36-22(27(42)43)14-16-5-2-1-3-6-16/h1-3,5-6,8-11,19-22,37H,4,7,12-15,29H2,(H2,30,38)(H,34,39)(H,35,41)(H,36,40)(H,42,43)(H4,31,32,33). The van der Waals surface area contributed by atoms with E-state index >= 15 is 0 Å². The zero-order chi connectivity index (χ0) is 31.9. The number of aliphatic carboxylic acids is 1. The number of carbonyl (C=O) groups excluding carboxylic acids is 4. The molecule has 0 spiro atoms. The Kier molecular flexibility index (Phi) is 13.4. The van der Waals surface area contributed by atoms with Gasteiger partial charge in [0, 0.05) is 19.4 Å². The van der Waals surface area contributed by atoms with Gasteiger partial charge in [-0.1, -0.05) is 42.5 Å². The number of carboxylic acids is 1. The van der Waals surface area contributed by atoms with Crippen LogP contribution in [-0.4, -0.2) is 76.5 Å². The van der Waals surface area contributed by atoms with E-state index in [9.17, 15) is 34.2 Å². The second-order valence-electron chi connectivity index (χ2n) is 9.81. The Hall–Kier alpha value is -5.18. The number of benzene rings is 2. The van der Waals surface area contributed by atoms with Gasteiger partial charge in [-0.05, 0) is 36.1 Å². The number of guanidine groups is 1. The molecular formula is C28H38N8O7. The van der Waals surface area contributed by atoms with Crippen molar-refractivity contribution in [1.82, 2.24) is 16.0 Å². The molecule has 4 atom stereocenters. The van der Waals surface area contributed by atoms with Gasteiger partial charge in [-0.25, -0.2) is 4.79 Å². The van der Waals surface area contributed by atoms with Crippen molar-refractivity contribution in [1.29, 1.82) is 0 Å². The van der Waals surface area contributed by atoms with Gasteiger partial charge in [0.05, 0.1) is 12.5 Å². The molecule has 232 valence electrons. The van der Waals surface area contributed by atoms with Gasteiger partial charge in [-0.2, -0.15) is 0 Å². The van der Waals surface area contributed by atoms with Gasteiger partial charge in [0.2, 0.25) is 23.6 Å². The first-order chi connectivity index (χ1) is 20.3. The number of rotatable bonds is 17. The number of aromatic hydroxyl groups is 1. The van der Waals surface area contributed by atoms with Crippen LogP contribution in [0.3, 0.4) is 0 Å². The van der Waals surface area contributed by atoms with Gasteiger partial charge in [0.1, 0.15) is 23.9 Å². The van der Waals surface area contributed by atoms with Crippen LogP contribution in [0.4, 0.5) is 0 Å². The Morgan fingerprint density at radius 2 is 1.28 bits per heavy atom. The van der Waals surface area contributed by atoms with Crippen LogP contribution in [-0.2, 0) is 36.8 Å². The summed E-state index contributed by atoms with van der Waals surface area (Å²) in [5, 5.41) is 26.7. The summed E-state index contributed by atoms with van der Waals surface area (Å²) < 4.78 is 0. The summed E-state index contributed by atoms with van der Waals surface area (Å²) in [6.45, 7) is 0.226. The first-order valence-electron chi connectivity index (χ1n) is 13.4. The first-order valence-corrected chi connectivity index (χ1v) is 13.4. The number of aliphatic imine (C=N–C) groups is 1. The number of phenols is 1. The molecule has 43 heavy (non-hydrogen) atoms. The van der Waals surface area contributed by atoms with Gasteiger partial charge < -0.3 is 49.1 Å². The maximum Gasteiger partial charge on any atom is 0.326 e. The summed E-state index contributed by atoms with van der Waals surface area (Å²) in [5.41, 5.74) is 22.9. The summed E-state index contributed by atoms with van der Waals surface area (Å²) in [5.74, 6) is -4.84. The lowest BCUT2D eigenvalue weighted by Gasteiger charge is -2.25. The van der Waals surface area contributed by atoms with Gasteiger partial charge in [0.25, 0.3) is 0 Å². The van der Waals surface area contributed by atoms with Crippen molar-refractivity contribution in [2.24, 2.45) is 27.9 Å². The summed E-state index contributed by atoms with van der Waals surface area (Å²) in [6.07, 6.45) is -0.211. The van der Waals surface area contributed by atoms with Crippen LogP contribution in [0.15, 0.2) is 59.6 Å². The number of nitrogens with zero attached hydrogens (tertiary/aromatic N) is 1. The molecule has 0 saturated heterocycles. The maximum absolute atomic E-state index is 13.4. The minimum absolute atomic E-state index is 0.0246. The van der Waals surface area contributed by atoms with Crippen LogP contribution in [0.5, 0.6) is 5.75 Å². The molecule has 15 nitrogen and oxygen atoms in total. The molecule has 0 radical (unpaired) electrons. The van der Waals surface area contributed by atoms with Crippen LogP contribution in [0.2, 0.25) is 0 Å². The SMILES string of the molecule is NC(=O)CC(NC(=O)C(N)CCCN=C(N)N)C(=O)NC(Cc1ccc(O)cc1)C(=O)NC(Cc1ccccc1)C(=O)O. The summed E-state index contributed by atoms with van der Waals surface area (Å²) in [6, 6.07) is 9.23. The molecule has 2 aromatic rings. The van der Waals surface area contributed by atoms with E-state index in [1.165, 1.54) is 24.3 Å². The molecule has 0 aliphatic rings. The van der Waals surface area contributed by atoms with Crippen molar-refractivity contribution in [3.8, 4) is 5.75 Å². The molecular weight excluding hydrogens is 560 g/mol. The van der Waals surface area contributed by atoms with Gasteiger partial charge in [0.15, 0.2) is 5.96 Å². The fraction of sp³-hybridized carbons (Fsp3) is 0.357. The largest absolute Gasteiger partial charge is 0.508 e. The lowest BCUT2D eigenvalue weighted by Crippen LogP contribution is -2.58. The molecule has 0 aliphatic heterocycles. The van der Waals surface area contributed by atoms with Gasteiger partial charge in [-0.3, -0.25) is 24.2 Å². The lowest BCUT2D eigenvalue weighted by molar-refractivity contribution is -0.142. The topological polar surface area (TPSA) is 278 Å². The second-order valence-corrected chi connectivity index (χ2v) is 9.81. The summed E-state index contributed by atoms with van der Waals surface area (Å²) in [7, 11) is 0. The molecule has 4 amide bonds. The zero-order valence-corrected chi connectivity index (χ0v) is 23.4. The van der Waals surface area contributed by atoms with E-state index in [0.717, 1.165) is 0 Å². The van der Waals surface area contributed by atoms with E-state index in [4.69, 9.17) is 22.9 Å². The van der Waals surface area contributed by atoms with Crippen LogP contribution in [0, 0.1) is 0 Å². The van der Waals surface area contributed by atoms with Crippen molar-refractivity contribution < 1.29 is 34.2 Å². The Balaban J connectivity index is 2.22. The average Bonchev–Trinajstić information content (AvgIpc) is 2.95. The normalized spacial score (nSPS) is 13.4. The Morgan fingerprint density at radius 3 is 1.86 bits per heavy atom. The molecule has 0 aliphatic carbocycles. The van der Waals surface area contributed by atoms with Crippen molar-refractivity contribution >= 4 is 35.6 Å². The number of nitrogens with one attached hydrogen (secondary N) is 3. The average molecular weight is 599 g/mol. The molecule has 13 N–H and O–H groups in total. The minimum Gasteiger partial charge on any atom is -0.508 e.